The number of rotatable bonds is 2. The van der Waals surface area contributed by atoms with Gasteiger partial charge in [0.25, 0.3) is 0 Å². The van der Waals surface area contributed by atoms with Crippen LogP contribution in [0, 0.1) is 0 Å². The van der Waals surface area contributed by atoms with Crippen molar-refractivity contribution in [1.29, 1.82) is 0 Å². The van der Waals surface area contributed by atoms with E-state index in [1.165, 1.54) is 11.3 Å². The highest BCUT2D eigenvalue weighted by Crippen LogP contribution is 2.26. The number of aromatic nitrogens is 2. The summed E-state index contributed by atoms with van der Waals surface area (Å²) < 4.78 is 1.89. The molecular formula is C11H13N5O2S. The van der Waals surface area contributed by atoms with E-state index in [2.05, 4.69) is 10.3 Å². The number of nitrogens with zero attached hydrogens (tertiary/aromatic N) is 3. The first kappa shape index (κ1) is 12.1. The number of carbonyl (C=O) groups excluding carboxylic acids is 2. The highest BCUT2D eigenvalue weighted by Gasteiger charge is 2.33. The van der Waals surface area contributed by atoms with Gasteiger partial charge in [0.2, 0.25) is 11.8 Å². The Bertz CT molecular complexity index is 661. The van der Waals surface area contributed by atoms with Gasteiger partial charge < -0.3 is 10.6 Å². The van der Waals surface area contributed by atoms with Crippen molar-refractivity contribution in [3.63, 3.8) is 0 Å². The molecular weight excluding hydrogens is 266 g/mol. The third kappa shape index (κ3) is 1.80. The smallest absolute Gasteiger partial charge is 0.249 e. The van der Waals surface area contributed by atoms with Crippen molar-refractivity contribution < 1.29 is 9.59 Å². The molecule has 1 aliphatic rings. The lowest BCUT2D eigenvalue weighted by atomic mass is 10.2. The third-order valence-electron chi connectivity index (χ3n) is 3.23. The molecule has 1 fully saturated rings. The summed E-state index contributed by atoms with van der Waals surface area (Å²) in [6.07, 6.45) is 1.88. The number of thiazole rings is 1. The molecule has 1 saturated heterocycles. The fraction of sp³-hybridized carbons (Fsp3) is 0.364. The van der Waals surface area contributed by atoms with E-state index in [9.17, 15) is 9.59 Å². The van der Waals surface area contributed by atoms with Crippen LogP contribution in [-0.4, -0.2) is 33.8 Å². The molecule has 8 heteroatoms. The van der Waals surface area contributed by atoms with E-state index in [0.29, 0.717) is 12.4 Å². The van der Waals surface area contributed by atoms with E-state index in [-0.39, 0.29) is 18.4 Å². The molecule has 0 aliphatic carbocycles. The number of nitrogens with one attached hydrogen (secondary N) is 1. The lowest BCUT2D eigenvalue weighted by Crippen LogP contribution is -2.57. The Hall–Kier alpha value is -1.93. The van der Waals surface area contributed by atoms with Crippen LogP contribution in [0.2, 0.25) is 0 Å². The molecule has 0 spiro atoms. The topological polar surface area (TPSA) is 92.7 Å². The molecule has 2 amide bonds. The quantitative estimate of drug-likeness (QED) is 0.737. The van der Waals surface area contributed by atoms with Crippen molar-refractivity contribution in [3.8, 4) is 0 Å². The van der Waals surface area contributed by atoms with E-state index < -0.39 is 6.04 Å². The first-order chi connectivity index (χ1) is 9.11. The summed E-state index contributed by atoms with van der Waals surface area (Å²) >= 11 is 1.49. The van der Waals surface area contributed by atoms with Gasteiger partial charge in [-0.05, 0) is 6.92 Å². The molecule has 1 aliphatic heterocycles. The Balaban J connectivity index is 2.09. The van der Waals surface area contributed by atoms with Crippen LogP contribution in [0.4, 0.5) is 5.82 Å². The number of fused-ring (bicyclic) bond motifs is 1. The van der Waals surface area contributed by atoms with Gasteiger partial charge in [0.1, 0.15) is 6.04 Å². The third-order valence-corrected chi connectivity index (χ3v) is 3.99. The van der Waals surface area contributed by atoms with E-state index >= 15 is 0 Å². The summed E-state index contributed by atoms with van der Waals surface area (Å²) in [5, 5.41) is 4.23. The average Bonchev–Trinajstić information content (AvgIpc) is 2.93. The molecule has 19 heavy (non-hydrogen) atoms. The van der Waals surface area contributed by atoms with Crippen LogP contribution in [0.1, 0.15) is 12.6 Å². The van der Waals surface area contributed by atoms with Crippen molar-refractivity contribution in [2.45, 2.75) is 19.5 Å². The minimum atomic E-state index is -0.437. The summed E-state index contributed by atoms with van der Waals surface area (Å²) in [6.45, 7) is 2.16. The Kier molecular flexibility index (Phi) is 2.76. The molecule has 0 aromatic carbocycles. The second-order valence-electron chi connectivity index (χ2n) is 4.36. The number of carbonyl (C=O) groups is 2. The minimum absolute atomic E-state index is 0.116. The predicted octanol–water partition coefficient (Wildman–Crippen LogP) is -0.294. The first-order valence-electron chi connectivity index (χ1n) is 5.86. The van der Waals surface area contributed by atoms with E-state index in [1.807, 2.05) is 16.0 Å². The van der Waals surface area contributed by atoms with Gasteiger partial charge >= 0.3 is 0 Å². The van der Waals surface area contributed by atoms with Crippen LogP contribution in [-0.2, 0) is 16.1 Å². The van der Waals surface area contributed by atoms with Crippen LogP contribution in [0.5, 0.6) is 0 Å². The Morgan fingerprint density at radius 2 is 2.37 bits per heavy atom. The van der Waals surface area contributed by atoms with Crippen molar-refractivity contribution in [3.05, 3.63) is 17.3 Å². The summed E-state index contributed by atoms with van der Waals surface area (Å²) in [4.78, 5) is 30.2. The molecule has 1 unspecified atom stereocenters. The summed E-state index contributed by atoms with van der Waals surface area (Å²) in [5.41, 5.74) is 6.58. The number of nitrogens with two attached hydrogens (primary N) is 1. The molecule has 0 bridgehead atoms. The second-order valence-corrected chi connectivity index (χ2v) is 5.23. The van der Waals surface area contributed by atoms with Gasteiger partial charge in [-0.25, -0.2) is 4.98 Å². The summed E-state index contributed by atoms with van der Waals surface area (Å²) in [5.74, 6) is -0.0111. The normalized spacial score (nSPS) is 20.1. The Morgan fingerprint density at radius 3 is 3.11 bits per heavy atom. The maximum atomic E-state index is 11.7. The second kappa shape index (κ2) is 4.32. The fourth-order valence-electron chi connectivity index (χ4n) is 2.21. The lowest BCUT2D eigenvalue weighted by Gasteiger charge is -2.32. The number of piperazine rings is 1. The van der Waals surface area contributed by atoms with Crippen LogP contribution >= 0.6 is 11.3 Å². The highest BCUT2D eigenvalue weighted by atomic mass is 32.1. The number of hydrogen-bond donors (Lipinski definition) is 2. The Morgan fingerprint density at radius 1 is 1.58 bits per heavy atom. The fourth-order valence-corrected chi connectivity index (χ4v) is 2.94. The lowest BCUT2D eigenvalue weighted by molar-refractivity contribution is -0.132. The van der Waals surface area contributed by atoms with Gasteiger partial charge in [-0.15, -0.1) is 11.3 Å². The maximum absolute atomic E-state index is 11.7. The van der Waals surface area contributed by atoms with Gasteiger partial charge in [-0.2, -0.15) is 0 Å². The van der Waals surface area contributed by atoms with Gasteiger partial charge in [0.05, 0.1) is 12.2 Å². The minimum Gasteiger partial charge on any atom is -0.334 e. The van der Waals surface area contributed by atoms with Crippen LogP contribution in [0.25, 0.3) is 4.96 Å². The summed E-state index contributed by atoms with van der Waals surface area (Å²) in [6, 6.07) is -0.437. The number of hydrogen-bond acceptors (Lipinski definition) is 6. The highest BCUT2D eigenvalue weighted by molar-refractivity contribution is 7.15. The predicted molar refractivity (Wildman–Crippen MR) is 70.9 cm³/mol. The molecule has 0 radical (unpaired) electrons. The maximum Gasteiger partial charge on any atom is 0.249 e. The van der Waals surface area contributed by atoms with Gasteiger partial charge in [-0.1, -0.05) is 0 Å². The van der Waals surface area contributed by atoms with Crippen molar-refractivity contribution in [2.24, 2.45) is 5.73 Å². The van der Waals surface area contributed by atoms with Crippen LogP contribution in [0.3, 0.4) is 0 Å². The number of imidazole rings is 1. The molecule has 3 N–H and O–H groups in total. The van der Waals surface area contributed by atoms with Crippen molar-refractivity contribution >= 4 is 33.9 Å². The van der Waals surface area contributed by atoms with Crippen LogP contribution in [0.15, 0.2) is 11.6 Å². The molecule has 3 rings (SSSR count). The van der Waals surface area contributed by atoms with Gasteiger partial charge in [-0.3, -0.25) is 19.3 Å². The average molecular weight is 279 g/mol. The zero-order chi connectivity index (χ0) is 13.6. The number of amides is 2. The summed E-state index contributed by atoms with van der Waals surface area (Å²) in [7, 11) is 0. The van der Waals surface area contributed by atoms with E-state index in [4.69, 9.17) is 5.73 Å². The monoisotopic (exact) mass is 279 g/mol. The zero-order valence-corrected chi connectivity index (χ0v) is 11.1. The molecule has 2 aromatic rings. The number of anilines is 1. The first-order valence-corrected chi connectivity index (χ1v) is 6.74. The molecule has 0 saturated carbocycles. The molecule has 1 atom stereocenters. The standard InChI is InChI=1S/C11H13N5O2S/c1-6-10(18)13-8(17)5-16(6)9-7(4-12)15-2-3-19-11(15)14-9/h2-3,6H,4-5,12H2,1H3,(H,13,17,18). The Labute approximate surface area is 113 Å². The SMILES string of the molecule is CC1C(=O)NC(=O)CN1c1nc2sccn2c1CN. The van der Waals surface area contributed by atoms with E-state index in [0.717, 1.165) is 10.7 Å². The molecule has 3 heterocycles. The van der Waals surface area contributed by atoms with Gasteiger partial charge in [0, 0.05) is 18.1 Å². The van der Waals surface area contributed by atoms with E-state index in [1.54, 1.807) is 11.8 Å². The van der Waals surface area contributed by atoms with Crippen molar-refractivity contribution in [2.75, 3.05) is 11.4 Å². The van der Waals surface area contributed by atoms with Crippen LogP contribution < -0.4 is 16.0 Å². The zero-order valence-electron chi connectivity index (χ0n) is 10.3. The van der Waals surface area contributed by atoms with Crippen molar-refractivity contribution in [1.82, 2.24) is 14.7 Å². The molecule has 100 valence electrons. The molecule has 2 aromatic heterocycles. The van der Waals surface area contributed by atoms with Gasteiger partial charge in [0.15, 0.2) is 10.8 Å². The number of imide groups is 1. The molecule has 7 nitrogen and oxygen atoms in total. The largest absolute Gasteiger partial charge is 0.334 e.